The van der Waals surface area contributed by atoms with Crippen LogP contribution >= 0.6 is 22.9 Å². The van der Waals surface area contributed by atoms with Gasteiger partial charge in [0.2, 0.25) is 0 Å². The van der Waals surface area contributed by atoms with Gasteiger partial charge >= 0.3 is 0 Å². The summed E-state index contributed by atoms with van der Waals surface area (Å²) in [5.74, 6) is 1.40. The Labute approximate surface area is 131 Å². The van der Waals surface area contributed by atoms with Crippen molar-refractivity contribution in [1.29, 1.82) is 0 Å². The molecule has 1 unspecified atom stereocenters. The number of hydrogen-bond acceptors (Lipinski definition) is 5. The maximum absolute atomic E-state index is 6.22. The third-order valence-electron chi connectivity index (χ3n) is 3.97. The molecule has 0 bridgehead atoms. The van der Waals surface area contributed by atoms with Crippen LogP contribution in [0.4, 0.5) is 5.82 Å². The summed E-state index contributed by atoms with van der Waals surface area (Å²) in [7, 11) is 0. The third-order valence-corrected chi connectivity index (χ3v) is 5.33. The van der Waals surface area contributed by atoms with Crippen molar-refractivity contribution < 1.29 is 0 Å². The second-order valence-electron chi connectivity index (χ2n) is 5.24. The Morgan fingerprint density at radius 2 is 2.38 bits per heavy atom. The van der Waals surface area contributed by atoms with E-state index in [9.17, 15) is 0 Å². The molecule has 0 saturated heterocycles. The zero-order chi connectivity index (χ0) is 14.4. The van der Waals surface area contributed by atoms with E-state index in [1.807, 2.05) is 18.3 Å². The summed E-state index contributed by atoms with van der Waals surface area (Å²) in [4.78, 5) is 9.85. The number of fused-ring (bicyclic) bond motifs is 2. The number of thiophene rings is 1. The SMILES string of the molecule is Cc1c(Cl)nc2ncnn2c1NC1CCCc2sccc21. The molecule has 21 heavy (non-hydrogen) atoms. The topological polar surface area (TPSA) is 55.1 Å². The normalized spacial score (nSPS) is 17.9. The number of nitrogens with zero attached hydrogens (tertiary/aromatic N) is 4. The van der Waals surface area contributed by atoms with Gasteiger partial charge in [-0.05, 0) is 43.2 Å². The molecule has 0 fully saturated rings. The average molecular weight is 320 g/mol. The molecule has 0 saturated carbocycles. The summed E-state index contributed by atoms with van der Waals surface area (Å²) in [6.07, 6.45) is 4.99. The minimum Gasteiger partial charge on any atom is -0.363 e. The van der Waals surface area contributed by atoms with Crippen LogP contribution in [0.5, 0.6) is 0 Å². The van der Waals surface area contributed by atoms with Crippen LogP contribution in [0.1, 0.15) is 34.9 Å². The van der Waals surface area contributed by atoms with Crippen molar-refractivity contribution >= 4 is 34.5 Å². The molecule has 5 nitrogen and oxygen atoms in total. The number of nitrogens with one attached hydrogen (secondary N) is 1. The van der Waals surface area contributed by atoms with Crippen LogP contribution in [0, 0.1) is 6.92 Å². The first-order valence-electron chi connectivity index (χ1n) is 6.92. The van der Waals surface area contributed by atoms with Crippen molar-refractivity contribution in [1.82, 2.24) is 19.6 Å². The summed E-state index contributed by atoms with van der Waals surface area (Å²) in [5, 5.41) is 10.5. The lowest BCUT2D eigenvalue weighted by Gasteiger charge is -2.25. The fourth-order valence-electron chi connectivity index (χ4n) is 2.87. The number of aromatic nitrogens is 4. The summed E-state index contributed by atoms with van der Waals surface area (Å²) in [5.41, 5.74) is 2.30. The second kappa shape index (κ2) is 4.96. The van der Waals surface area contributed by atoms with Gasteiger partial charge in [-0.2, -0.15) is 19.6 Å². The molecule has 1 aliphatic carbocycles. The van der Waals surface area contributed by atoms with Crippen LogP contribution in [0.3, 0.4) is 0 Å². The Morgan fingerprint density at radius 3 is 3.29 bits per heavy atom. The molecule has 7 heteroatoms. The van der Waals surface area contributed by atoms with E-state index in [1.165, 1.54) is 29.6 Å². The van der Waals surface area contributed by atoms with E-state index in [4.69, 9.17) is 11.6 Å². The Kier molecular flexibility index (Phi) is 3.08. The molecule has 3 aromatic heterocycles. The highest BCUT2D eigenvalue weighted by atomic mass is 35.5. The van der Waals surface area contributed by atoms with Crippen LogP contribution in [-0.2, 0) is 6.42 Å². The number of hydrogen-bond donors (Lipinski definition) is 1. The van der Waals surface area contributed by atoms with E-state index >= 15 is 0 Å². The fraction of sp³-hybridized carbons (Fsp3) is 0.357. The molecule has 1 aliphatic rings. The average Bonchev–Trinajstić information content (AvgIpc) is 3.12. The lowest BCUT2D eigenvalue weighted by molar-refractivity contribution is 0.604. The fourth-order valence-corrected chi connectivity index (χ4v) is 4.02. The van der Waals surface area contributed by atoms with E-state index in [0.717, 1.165) is 17.8 Å². The van der Waals surface area contributed by atoms with E-state index in [2.05, 4.69) is 31.8 Å². The Hall–Kier alpha value is -1.66. The summed E-state index contributed by atoms with van der Waals surface area (Å²) in [6, 6.07) is 2.51. The highest BCUT2D eigenvalue weighted by Gasteiger charge is 2.23. The Morgan fingerprint density at radius 1 is 1.48 bits per heavy atom. The molecule has 1 atom stereocenters. The van der Waals surface area contributed by atoms with Gasteiger partial charge in [-0.3, -0.25) is 0 Å². The molecule has 1 N–H and O–H groups in total. The summed E-state index contributed by atoms with van der Waals surface area (Å²) < 4.78 is 1.72. The van der Waals surface area contributed by atoms with E-state index in [0.29, 0.717) is 17.0 Å². The largest absolute Gasteiger partial charge is 0.363 e. The van der Waals surface area contributed by atoms with Gasteiger partial charge in [0, 0.05) is 10.4 Å². The molecule has 3 heterocycles. The maximum Gasteiger partial charge on any atom is 0.255 e. The lowest BCUT2D eigenvalue weighted by Crippen LogP contribution is -2.18. The first kappa shape index (κ1) is 13.0. The summed E-state index contributed by atoms with van der Waals surface area (Å²) in [6.45, 7) is 1.95. The number of halogens is 1. The van der Waals surface area contributed by atoms with Crippen molar-refractivity contribution in [2.75, 3.05) is 5.32 Å². The standard InChI is InChI=1S/C14H14ClN5S/c1-8-12(15)19-14-16-7-17-20(14)13(8)18-10-3-2-4-11-9(10)5-6-21-11/h5-7,10,18H,2-4H2,1H3. The van der Waals surface area contributed by atoms with Gasteiger partial charge in [0.25, 0.3) is 5.78 Å². The van der Waals surface area contributed by atoms with Gasteiger partial charge in [0.1, 0.15) is 17.3 Å². The minimum atomic E-state index is 0.296. The molecule has 0 radical (unpaired) electrons. The van der Waals surface area contributed by atoms with Crippen molar-refractivity contribution in [3.05, 3.63) is 38.9 Å². The van der Waals surface area contributed by atoms with Gasteiger partial charge in [-0.1, -0.05) is 11.6 Å². The van der Waals surface area contributed by atoms with Crippen LogP contribution in [-0.4, -0.2) is 19.6 Å². The van der Waals surface area contributed by atoms with Gasteiger partial charge in [-0.15, -0.1) is 11.3 Å². The van der Waals surface area contributed by atoms with E-state index in [-0.39, 0.29) is 0 Å². The molecule has 108 valence electrons. The predicted molar refractivity (Wildman–Crippen MR) is 84.1 cm³/mol. The zero-order valence-corrected chi connectivity index (χ0v) is 13.1. The van der Waals surface area contributed by atoms with Crippen molar-refractivity contribution in [3.63, 3.8) is 0 Å². The van der Waals surface area contributed by atoms with Gasteiger partial charge in [0.15, 0.2) is 0 Å². The molecule has 0 amide bonds. The number of anilines is 1. The van der Waals surface area contributed by atoms with Crippen LogP contribution in [0.2, 0.25) is 5.15 Å². The number of rotatable bonds is 2. The summed E-state index contributed by atoms with van der Waals surface area (Å²) >= 11 is 8.06. The lowest BCUT2D eigenvalue weighted by atomic mass is 9.94. The highest BCUT2D eigenvalue weighted by molar-refractivity contribution is 7.10. The highest BCUT2D eigenvalue weighted by Crippen LogP contribution is 2.36. The van der Waals surface area contributed by atoms with Crippen LogP contribution < -0.4 is 5.32 Å². The molecule has 4 rings (SSSR count). The predicted octanol–water partition coefficient (Wildman–Crippen LogP) is 3.64. The first-order valence-corrected chi connectivity index (χ1v) is 8.18. The van der Waals surface area contributed by atoms with E-state index < -0.39 is 0 Å². The quantitative estimate of drug-likeness (QED) is 0.733. The smallest absolute Gasteiger partial charge is 0.255 e. The molecule has 0 aliphatic heterocycles. The first-order chi connectivity index (χ1) is 10.2. The van der Waals surface area contributed by atoms with Gasteiger partial charge in [0.05, 0.1) is 6.04 Å². The Balaban J connectivity index is 1.79. The van der Waals surface area contributed by atoms with Crippen molar-refractivity contribution in [2.45, 2.75) is 32.2 Å². The van der Waals surface area contributed by atoms with E-state index in [1.54, 1.807) is 4.52 Å². The molecule has 0 spiro atoms. The third kappa shape index (κ3) is 2.10. The molecule has 0 aromatic carbocycles. The molecular weight excluding hydrogens is 306 g/mol. The monoisotopic (exact) mass is 319 g/mol. The second-order valence-corrected chi connectivity index (χ2v) is 6.60. The minimum absolute atomic E-state index is 0.296. The molecule has 3 aromatic rings. The van der Waals surface area contributed by atoms with Crippen molar-refractivity contribution in [2.24, 2.45) is 0 Å². The van der Waals surface area contributed by atoms with Crippen LogP contribution in [0.15, 0.2) is 17.8 Å². The van der Waals surface area contributed by atoms with Gasteiger partial charge in [-0.25, -0.2) is 0 Å². The molecular formula is C14H14ClN5S. The van der Waals surface area contributed by atoms with Gasteiger partial charge < -0.3 is 5.32 Å². The zero-order valence-electron chi connectivity index (χ0n) is 11.5. The van der Waals surface area contributed by atoms with Crippen molar-refractivity contribution in [3.8, 4) is 0 Å². The maximum atomic E-state index is 6.22. The number of aryl methyl sites for hydroxylation is 1. The Bertz CT molecular complexity index is 809. The van der Waals surface area contributed by atoms with Crippen LogP contribution in [0.25, 0.3) is 5.78 Å².